The lowest BCUT2D eigenvalue weighted by atomic mass is 9.95. The molecule has 0 aromatic heterocycles. The van der Waals surface area contributed by atoms with Crippen molar-refractivity contribution in [3.63, 3.8) is 0 Å². The van der Waals surface area contributed by atoms with Crippen LogP contribution in [0.5, 0.6) is 0 Å². The predicted octanol–water partition coefficient (Wildman–Crippen LogP) is 1.47. The third-order valence-electron chi connectivity index (χ3n) is 3.45. The zero-order valence-electron chi connectivity index (χ0n) is 9.76. The van der Waals surface area contributed by atoms with Crippen molar-refractivity contribution in [2.24, 2.45) is 5.92 Å². The van der Waals surface area contributed by atoms with Gasteiger partial charge in [-0.25, -0.2) is 0 Å². The second-order valence-electron chi connectivity index (χ2n) is 4.77. The van der Waals surface area contributed by atoms with E-state index in [1.54, 1.807) is 0 Å². The van der Waals surface area contributed by atoms with E-state index in [9.17, 15) is 5.11 Å². The molecule has 0 spiro atoms. The number of hydrogen-bond donors (Lipinski definition) is 2. The number of aliphatic hydroxyl groups is 1. The van der Waals surface area contributed by atoms with Crippen LogP contribution in [-0.4, -0.2) is 29.2 Å². The molecule has 3 heteroatoms. The number of hydrogen-bond acceptors (Lipinski definition) is 3. The molecule has 0 aliphatic carbocycles. The van der Waals surface area contributed by atoms with Crippen LogP contribution in [0.15, 0.2) is 24.3 Å². The molecule has 0 saturated carbocycles. The van der Waals surface area contributed by atoms with E-state index in [1.807, 2.05) is 18.2 Å². The maximum Gasteiger partial charge on any atom is 0.0693 e. The quantitative estimate of drug-likeness (QED) is 0.742. The van der Waals surface area contributed by atoms with E-state index in [0.29, 0.717) is 5.92 Å². The summed E-state index contributed by atoms with van der Waals surface area (Å²) in [6, 6.07) is 7.94. The van der Waals surface area contributed by atoms with Crippen LogP contribution in [-0.2, 0) is 6.54 Å². The summed E-state index contributed by atoms with van der Waals surface area (Å²) in [6.45, 7) is 4.76. The fraction of sp³-hybridized carbons (Fsp3) is 0.538. The molecule has 0 amide bonds. The molecule has 88 valence electrons. The third kappa shape index (κ3) is 2.54. The number of nitrogens with zero attached hydrogens (tertiary/aromatic N) is 1. The molecule has 2 rings (SSSR count). The van der Waals surface area contributed by atoms with Crippen molar-refractivity contribution in [2.45, 2.75) is 26.0 Å². The molecule has 1 aliphatic rings. The second kappa shape index (κ2) is 4.85. The van der Waals surface area contributed by atoms with Gasteiger partial charge in [0.25, 0.3) is 0 Å². The number of piperidine rings is 1. The van der Waals surface area contributed by atoms with Gasteiger partial charge in [0, 0.05) is 18.8 Å². The highest BCUT2D eigenvalue weighted by Gasteiger charge is 2.24. The molecule has 1 aromatic carbocycles. The summed E-state index contributed by atoms with van der Waals surface area (Å²) < 4.78 is 0. The lowest BCUT2D eigenvalue weighted by Crippen LogP contribution is -2.42. The van der Waals surface area contributed by atoms with Crippen molar-refractivity contribution < 1.29 is 5.11 Å². The summed E-state index contributed by atoms with van der Waals surface area (Å²) >= 11 is 0. The van der Waals surface area contributed by atoms with E-state index in [0.717, 1.165) is 37.3 Å². The minimum absolute atomic E-state index is 0.196. The van der Waals surface area contributed by atoms with Crippen molar-refractivity contribution in [1.82, 2.24) is 4.90 Å². The Morgan fingerprint density at radius 3 is 2.88 bits per heavy atom. The van der Waals surface area contributed by atoms with Crippen molar-refractivity contribution in [3.8, 4) is 0 Å². The molecular formula is C13H20N2O. The Labute approximate surface area is 96.9 Å². The minimum atomic E-state index is -0.196. The van der Waals surface area contributed by atoms with Crippen LogP contribution in [0.3, 0.4) is 0 Å². The van der Waals surface area contributed by atoms with E-state index in [-0.39, 0.29) is 6.10 Å². The van der Waals surface area contributed by atoms with Crippen LogP contribution in [0.2, 0.25) is 0 Å². The summed E-state index contributed by atoms with van der Waals surface area (Å²) in [5.41, 5.74) is 7.91. The van der Waals surface area contributed by atoms with Crippen LogP contribution in [0.4, 0.5) is 5.69 Å². The normalized spacial score (nSPS) is 26.9. The molecule has 1 aliphatic heterocycles. The van der Waals surface area contributed by atoms with Gasteiger partial charge in [0.05, 0.1) is 6.10 Å². The van der Waals surface area contributed by atoms with Crippen LogP contribution >= 0.6 is 0 Å². The zero-order valence-corrected chi connectivity index (χ0v) is 9.76. The Morgan fingerprint density at radius 1 is 1.44 bits per heavy atom. The van der Waals surface area contributed by atoms with Gasteiger partial charge in [-0.1, -0.05) is 25.1 Å². The predicted molar refractivity (Wildman–Crippen MR) is 65.9 cm³/mol. The Kier molecular flexibility index (Phi) is 3.46. The molecule has 2 atom stereocenters. The number of nitrogens with two attached hydrogens (primary N) is 1. The number of rotatable bonds is 2. The van der Waals surface area contributed by atoms with Gasteiger partial charge in [-0.15, -0.1) is 0 Å². The molecule has 1 saturated heterocycles. The number of aliphatic hydroxyl groups excluding tert-OH is 1. The Bertz CT molecular complexity index is 354. The van der Waals surface area contributed by atoms with Crippen LogP contribution in [0.25, 0.3) is 0 Å². The van der Waals surface area contributed by atoms with Crippen molar-refractivity contribution in [1.29, 1.82) is 0 Å². The number of β-amino-alcohol motifs (C(OH)–C–C–N with tert-alkyl or cyclic N) is 1. The van der Waals surface area contributed by atoms with E-state index in [4.69, 9.17) is 5.73 Å². The molecule has 3 N–H and O–H groups in total. The van der Waals surface area contributed by atoms with E-state index < -0.39 is 0 Å². The first-order chi connectivity index (χ1) is 7.66. The van der Waals surface area contributed by atoms with Gasteiger partial charge in [0.2, 0.25) is 0 Å². The second-order valence-corrected chi connectivity index (χ2v) is 4.77. The molecule has 1 aromatic rings. The average Bonchev–Trinajstić information content (AvgIpc) is 2.27. The highest BCUT2D eigenvalue weighted by Crippen LogP contribution is 2.20. The average molecular weight is 220 g/mol. The van der Waals surface area contributed by atoms with Crippen LogP contribution in [0.1, 0.15) is 18.9 Å². The highest BCUT2D eigenvalue weighted by atomic mass is 16.3. The fourth-order valence-electron chi connectivity index (χ4n) is 2.18. The molecule has 0 radical (unpaired) electrons. The van der Waals surface area contributed by atoms with Crippen molar-refractivity contribution in [2.75, 3.05) is 18.8 Å². The standard InChI is InChI=1S/C13H20N2O/c1-10-6-7-15(9-13(10)16)8-11-4-2-3-5-12(11)14/h2-5,10,13,16H,6-9,14H2,1H3. The summed E-state index contributed by atoms with van der Waals surface area (Å²) in [7, 11) is 0. The van der Waals surface area contributed by atoms with Crippen molar-refractivity contribution in [3.05, 3.63) is 29.8 Å². The molecule has 1 fully saturated rings. The van der Waals surface area contributed by atoms with Gasteiger partial charge in [-0.2, -0.15) is 0 Å². The Hall–Kier alpha value is -1.06. The van der Waals surface area contributed by atoms with Gasteiger partial charge >= 0.3 is 0 Å². The Balaban J connectivity index is 1.98. The highest BCUT2D eigenvalue weighted by molar-refractivity contribution is 5.46. The van der Waals surface area contributed by atoms with Gasteiger partial charge in [0.15, 0.2) is 0 Å². The first kappa shape index (κ1) is 11.4. The lowest BCUT2D eigenvalue weighted by molar-refractivity contribution is 0.0260. The SMILES string of the molecule is CC1CCN(Cc2ccccc2N)CC1O. The molecule has 1 heterocycles. The number of benzene rings is 1. The maximum atomic E-state index is 9.82. The van der Waals surface area contributed by atoms with Gasteiger partial charge < -0.3 is 10.8 Å². The number of nitrogen functional groups attached to an aromatic ring is 1. The van der Waals surface area contributed by atoms with E-state index in [1.165, 1.54) is 0 Å². The molecule has 2 unspecified atom stereocenters. The Morgan fingerprint density at radius 2 is 2.19 bits per heavy atom. The summed E-state index contributed by atoms with van der Waals surface area (Å²) in [5, 5.41) is 9.82. The minimum Gasteiger partial charge on any atom is -0.398 e. The maximum absolute atomic E-state index is 9.82. The smallest absolute Gasteiger partial charge is 0.0693 e. The van der Waals surface area contributed by atoms with E-state index in [2.05, 4.69) is 17.9 Å². The van der Waals surface area contributed by atoms with Crippen LogP contribution in [0, 0.1) is 5.92 Å². The lowest BCUT2D eigenvalue weighted by Gasteiger charge is -2.34. The number of para-hydroxylation sites is 1. The zero-order chi connectivity index (χ0) is 11.5. The molecule has 16 heavy (non-hydrogen) atoms. The monoisotopic (exact) mass is 220 g/mol. The largest absolute Gasteiger partial charge is 0.398 e. The van der Waals surface area contributed by atoms with Gasteiger partial charge in [-0.05, 0) is 30.5 Å². The summed E-state index contributed by atoms with van der Waals surface area (Å²) in [4.78, 5) is 2.27. The van der Waals surface area contributed by atoms with Crippen LogP contribution < -0.4 is 5.73 Å². The van der Waals surface area contributed by atoms with Gasteiger partial charge in [-0.3, -0.25) is 4.90 Å². The number of likely N-dealkylation sites (tertiary alicyclic amines) is 1. The topological polar surface area (TPSA) is 49.5 Å². The summed E-state index contributed by atoms with van der Waals surface area (Å²) in [5.74, 6) is 0.421. The first-order valence-electron chi connectivity index (χ1n) is 5.90. The van der Waals surface area contributed by atoms with E-state index >= 15 is 0 Å². The first-order valence-corrected chi connectivity index (χ1v) is 5.90. The van der Waals surface area contributed by atoms with Crippen molar-refractivity contribution >= 4 is 5.69 Å². The summed E-state index contributed by atoms with van der Waals surface area (Å²) in [6.07, 6.45) is 0.868. The number of anilines is 1. The molecule has 3 nitrogen and oxygen atoms in total. The molecular weight excluding hydrogens is 200 g/mol. The van der Waals surface area contributed by atoms with Gasteiger partial charge in [0.1, 0.15) is 0 Å². The third-order valence-corrected chi connectivity index (χ3v) is 3.45. The molecule has 0 bridgehead atoms. The fourth-order valence-corrected chi connectivity index (χ4v) is 2.18.